The third-order valence-electron chi connectivity index (χ3n) is 2.86. The molecule has 0 aliphatic rings. The van der Waals surface area contributed by atoms with Crippen molar-refractivity contribution in [1.82, 2.24) is 10.5 Å². The van der Waals surface area contributed by atoms with Gasteiger partial charge in [-0.25, -0.2) is 5.48 Å². The van der Waals surface area contributed by atoms with Crippen molar-refractivity contribution >= 4 is 16.8 Å². The number of carbonyl (C=O) groups is 1. The van der Waals surface area contributed by atoms with Gasteiger partial charge in [-0.3, -0.25) is 9.63 Å². The molecular weight excluding hydrogens is 287 g/mol. The number of H-pyrrole nitrogens is 1. The second-order valence-corrected chi connectivity index (χ2v) is 4.54. The summed E-state index contributed by atoms with van der Waals surface area (Å²) in [5.41, 5.74) is 9.07. The average Bonchev–Trinajstić information content (AvgIpc) is 2.80. The van der Waals surface area contributed by atoms with Crippen LogP contribution in [0, 0.1) is 0 Å². The lowest BCUT2D eigenvalue weighted by Gasteiger charge is -2.12. The zero-order valence-corrected chi connectivity index (χ0v) is 10.9. The highest BCUT2D eigenvalue weighted by Crippen LogP contribution is 2.18. The summed E-state index contributed by atoms with van der Waals surface area (Å²) in [6.45, 7) is -1.56. The van der Waals surface area contributed by atoms with E-state index >= 15 is 0 Å². The number of aromatic amines is 1. The Labute approximate surface area is 118 Å². The van der Waals surface area contributed by atoms with Crippen LogP contribution in [-0.4, -0.2) is 29.7 Å². The number of alkyl halides is 3. The standard InChI is InChI=1S/C13H14F3N3O2/c14-13(15,16)7-21-19-12(20)10(17)5-8-6-18-11-4-2-1-3-9(8)11/h1-4,6,10,18H,5,7,17H2,(H,19,20). The maximum absolute atomic E-state index is 11.9. The van der Waals surface area contributed by atoms with Crippen LogP contribution in [-0.2, 0) is 16.1 Å². The van der Waals surface area contributed by atoms with E-state index in [0.717, 1.165) is 16.5 Å². The normalized spacial score (nSPS) is 13.3. The largest absolute Gasteiger partial charge is 0.414 e. The molecule has 1 aromatic carbocycles. The molecule has 1 aromatic heterocycles. The summed E-state index contributed by atoms with van der Waals surface area (Å²) in [7, 11) is 0. The highest BCUT2D eigenvalue weighted by atomic mass is 19.4. The van der Waals surface area contributed by atoms with Gasteiger partial charge in [-0.05, 0) is 18.1 Å². The Morgan fingerprint density at radius 1 is 1.38 bits per heavy atom. The third kappa shape index (κ3) is 4.20. The zero-order valence-electron chi connectivity index (χ0n) is 10.9. The molecule has 5 nitrogen and oxygen atoms in total. The van der Waals surface area contributed by atoms with Gasteiger partial charge < -0.3 is 10.7 Å². The quantitative estimate of drug-likeness (QED) is 0.735. The number of benzene rings is 1. The van der Waals surface area contributed by atoms with Gasteiger partial charge in [-0.2, -0.15) is 13.2 Å². The van der Waals surface area contributed by atoms with Crippen molar-refractivity contribution in [3.8, 4) is 0 Å². The van der Waals surface area contributed by atoms with E-state index in [0.29, 0.717) is 0 Å². The lowest BCUT2D eigenvalue weighted by molar-refractivity contribution is -0.192. The fraction of sp³-hybridized carbons (Fsp3) is 0.308. The molecule has 21 heavy (non-hydrogen) atoms. The molecule has 4 N–H and O–H groups in total. The van der Waals surface area contributed by atoms with Gasteiger partial charge in [0.2, 0.25) is 0 Å². The fourth-order valence-corrected chi connectivity index (χ4v) is 1.89. The van der Waals surface area contributed by atoms with Crippen molar-refractivity contribution in [2.75, 3.05) is 6.61 Å². The Balaban J connectivity index is 1.92. The number of nitrogens with one attached hydrogen (secondary N) is 2. The molecule has 0 saturated carbocycles. The first-order valence-electron chi connectivity index (χ1n) is 6.16. The summed E-state index contributed by atoms with van der Waals surface area (Å²) < 4.78 is 35.6. The molecule has 0 fully saturated rings. The predicted octanol–water partition coefficient (Wildman–Crippen LogP) is 1.65. The Bertz CT molecular complexity index is 624. The number of carbonyl (C=O) groups excluding carboxylic acids is 1. The molecule has 2 aromatic rings. The molecule has 1 amide bonds. The first kappa shape index (κ1) is 15.3. The molecule has 8 heteroatoms. The van der Waals surface area contributed by atoms with Gasteiger partial charge in [-0.1, -0.05) is 18.2 Å². The van der Waals surface area contributed by atoms with Crippen LogP contribution in [0.1, 0.15) is 5.56 Å². The van der Waals surface area contributed by atoms with Crippen LogP contribution in [0.4, 0.5) is 13.2 Å². The van der Waals surface area contributed by atoms with E-state index in [1.54, 1.807) is 11.7 Å². The molecule has 114 valence electrons. The van der Waals surface area contributed by atoms with Gasteiger partial charge in [-0.15, -0.1) is 0 Å². The second kappa shape index (κ2) is 6.15. The van der Waals surface area contributed by atoms with E-state index in [2.05, 4.69) is 9.82 Å². The molecule has 0 saturated heterocycles. The number of hydroxylamine groups is 1. The minimum atomic E-state index is -4.51. The van der Waals surface area contributed by atoms with Crippen LogP contribution in [0.25, 0.3) is 10.9 Å². The lowest BCUT2D eigenvalue weighted by atomic mass is 10.1. The zero-order chi connectivity index (χ0) is 15.5. The molecule has 0 radical (unpaired) electrons. The van der Waals surface area contributed by atoms with Crippen LogP contribution in [0.15, 0.2) is 30.5 Å². The van der Waals surface area contributed by atoms with E-state index < -0.39 is 24.7 Å². The van der Waals surface area contributed by atoms with Crippen LogP contribution in [0.5, 0.6) is 0 Å². The number of para-hydroxylation sites is 1. The minimum absolute atomic E-state index is 0.186. The Morgan fingerprint density at radius 3 is 2.81 bits per heavy atom. The maximum Gasteiger partial charge on any atom is 0.414 e. The predicted molar refractivity (Wildman–Crippen MR) is 70.1 cm³/mol. The van der Waals surface area contributed by atoms with Crippen molar-refractivity contribution in [2.24, 2.45) is 5.73 Å². The molecule has 0 bridgehead atoms. The van der Waals surface area contributed by atoms with E-state index in [-0.39, 0.29) is 6.42 Å². The Hall–Kier alpha value is -2.06. The molecule has 1 heterocycles. The van der Waals surface area contributed by atoms with Crippen molar-refractivity contribution in [1.29, 1.82) is 0 Å². The number of fused-ring (bicyclic) bond motifs is 1. The number of rotatable bonds is 5. The summed E-state index contributed by atoms with van der Waals surface area (Å²) in [5, 5.41) is 0.914. The summed E-state index contributed by atoms with van der Waals surface area (Å²) in [5.74, 6) is -0.801. The van der Waals surface area contributed by atoms with Crippen LogP contribution < -0.4 is 11.2 Å². The maximum atomic E-state index is 11.9. The van der Waals surface area contributed by atoms with Gasteiger partial charge in [0.25, 0.3) is 5.91 Å². The van der Waals surface area contributed by atoms with Gasteiger partial charge in [0.1, 0.15) is 0 Å². The topological polar surface area (TPSA) is 80.1 Å². The number of amides is 1. The summed E-state index contributed by atoms with van der Waals surface area (Å²) in [6, 6.07) is 6.44. The summed E-state index contributed by atoms with van der Waals surface area (Å²) >= 11 is 0. The van der Waals surface area contributed by atoms with Gasteiger partial charge in [0.15, 0.2) is 6.61 Å². The average molecular weight is 301 g/mol. The molecule has 1 atom stereocenters. The van der Waals surface area contributed by atoms with Crippen molar-refractivity contribution in [2.45, 2.75) is 18.6 Å². The highest BCUT2D eigenvalue weighted by molar-refractivity contribution is 5.85. The van der Waals surface area contributed by atoms with Crippen molar-refractivity contribution in [3.05, 3.63) is 36.0 Å². The minimum Gasteiger partial charge on any atom is -0.361 e. The molecule has 1 unspecified atom stereocenters. The number of hydrogen-bond donors (Lipinski definition) is 3. The number of hydrogen-bond acceptors (Lipinski definition) is 3. The highest BCUT2D eigenvalue weighted by Gasteiger charge is 2.28. The van der Waals surface area contributed by atoms with Crippen LogP contribution in [0.2, 0.25) is 0 Å². The monoisotopic (exact) mass is 301 g/mol. The SMILES string of the molecule is NC(Cc1c[nH]c2ccccc12)C(=O)NOCC(F)(F)F. The summed E-state index contributed by atoms with van der Waals surface area (Å²) in [4.78, 5) is 18.7. The van der Waals surface area contributed by atoms with E-state index in [9.17, 15) is 18.0 Å². The number of halogens is 3. The smallest absolute Gasteiger partial charge is 0.361 e. The number of nitrogens with two attached hydrogens (primary N) is 1. The van der Waals surface area contributed by atoms with Crippen LogP contribution >= 0.6 is 0 Å². The van der Waals surface area contributed by atoms with Gasteiger partial charge >= 0.3 is 6.18 Å². The third-order valence-corrected chi connectivity index (χ3v) is 2.86. The molecule has 0 spiro atoms. The molecule has 2 rings (SSSR count). The van der Waals surface area contributed by atoms with E-state index in [1.165, 1.54) is 0 Å². The van der Waals surface area contributed by atoms with Crippen molar-refractivity contribution in [3.63, 3.8) is 0 Å². The van der Waals surface area contributed by atoms with E-state index in [4.69, 9.17) is 5.73 Å². The van der Waals surface area contributed by atoms with Crippen molar-refractivity contribution < 1.29 is 22.8 Å². The fourth-order valence-electron chi connectivity index (χ4n) is 1.89. The van der Waals surface area contributed by atoms with E-state index in [1.807, 2.05) is 24.3 Å². The van der Waals surface area contributed by atoms with Gasteiger partial charge in [0.05, 0.1) is 6.04 Å². The first-order valence-corrected chi connectivity index (χ1v) is 6.16. The first-order chi connectivity index (χ1) is 9.87. The lowest BCUT2D eigenvalue weighted by Crippen LogP contribution is -2.43. The second-order valence-electron chi connectivity index (χ2n) is 4.54. The number of aromatic nitrogens is 1. The Morgan fingerprint density at radius 2 is 2.10 bits per heavy atom. The molecular formula is C13H14F3N3O2. The van der Waals surface area contributed by atoms with Crippen LogP contribution in [0.3, 0.4) is 0 Å². The molecule has 0 aliphatic carbocycles. The molecule has 0 aliphatic heterocycles. The van der Waals surface area contributed by atoms with Gasteiger partial charge in [0, 0.05) is 17.1 Å². The Kier molecular flexibility index (Phi) is 4.49. The summed E-state index contributed by atoms with van der Waals surface area (Å²) in [6.07, 6.45) is -2.60.